The molecule has 6 heteroatoms. The first-order chi connectivity index (χ1) is 11.6. The van der Waals surface area contributed by atoms with Crippen LogP contribution in [0.15, 0.2) is 48.5 Å². The van der Waals surface area contributed by atoms with E-state index in [4.69, 9.17) is 4.74 Å². The van der Waals surface area contributed by atoms with Crippen molar-refractivity contribution >= 4 is 40.0 Å². The number of methoxy groups -OCH3 is 1. The van der Waals surface area contributed by atoms with Gasteiger partial charge in [0.05, 0.1) is 7.11 Å². The summed E-state index contributed by atoms with van der Waals surface area (Å²) in [5, 5.41) is 6.69. The highest BCUT2D eigenvalue weighted by atomic mass is 16.5. The maximum Gasteiger partial charge on any atom is 0.342 e. The molecule has 24 heavy (non-hydrogen) atoms. The smallest absolute Gasteiger partial charge is 0.342 e. The third-order valence-corrected chi connectivity index (χ3v) is 3.57. The number of anilines is 3. The van der Waals surface area contributed by atoms with Crippen molar-refractivity contribution in [3.8, 4) is 0 Å². The Bertz CT molecular complexity index is 898. The average molecular weight is 323 g/mol. The van der Waals surface area contributed by atoms with Gasteiger partial charge in [-0.05, 0) is 30.3 Å². The van der Waals surface area contributed by atoms with E-state index in [1.165, 1.54) is 14.0 Å². The maximum atomic E-state index is 12.1. The van der Waals surface area contributed by atoms with Gasteiger partial charge < -0.3 is 20.4 Å². The quantitative estimate of drug-likeness (QED) is 0.640. The molecule has 122 valence electrons. The Morgan fingerprint density at radius 3 is 2.33 bits per heavy atom. The number of carbonyl (C=O) groups is 2. The Labute approximate surface area is 138 Å². The van der Waals surface area contributed by atoms with Gasteiger partial charge >= 0.3 is 5.97 Å². The number of benzene rings is 2. The molecule has 0 radical (unpaired) electrons. The molecule has 0 aliphatic carbocycles. The number of amides is 1. The Kier molecular flexibility index (Phi) is 4.20. The van der Waals surface area contributed by atoms with Crippen molar-refractivity contribution in [3.05, 3.63) is 54.1 Å². The zero-order valence-electron chi connectivity index (χ0n) is 13.3. The zero-order valence-corrected chi connectivity index (χ0v) is 13.3. The molecule has 1 heterocycles. The third kappa shape index (κ3) is 3.08. The number of hydrogen-bond acceptors (Lipinski definition) is 4. The van der Waals surface area contributed by atoms with E-state index in [9.17, 15) is 9.59 Å². The van der Waals surface area contributed by atoms with Crippen molar-refractivity contribution in [1.29, 1.82) is 0 Å². The number of H-pyrrole nitrogens is 1. The van der Waals surface area contributed by atoms with Gasteiger partial charge in [-0.1, -0.05) is 18.2 Å². The Hall–Kier alpha value is -3.28. The minimum Gasteiger partial charge on any atom is -0.465 e. The third-order valence-electron chi connectivity index (χ3n) is 3.57. The molecule has 3 N–H and O–H groups in total. The Morgan fingerprint density at radius 1 is 1.00 bits per heavy atom. The molecular weight excluding hydrogens is 306 g/mol. The van der Waals surface area contributed by atoms with Crippen molar-refractivity contribution in [2.75, 3.05) is 17.7 Å². The predicted octanol–water partition coefficient (Wildman–Crippen LogP) is 3.66. The molecule has 0 saturated heterocycles. The normalized spacial score (nSPS) is 10.4. The van der Waals surface area contributed by atoms with Gasteiger partial charge in [0, 0.05) is 29.2 Å². The molecule has 0 atom stereocenters. The number of rotatable bonds is 4. The molecule has 0 aliphatic rings. The molecule has 0 aliphatic heterocycles. The van der Waals surface area contributed by atoms with Crippen LogP contribution in [0.4, 0.5) is 17.2 Å². The highest BCUT2D eigenvalue weighted by Crippen LogP contribution is 2.29. The molecule has 2 aromatic carbocycles. The van der Waals surface area contributed by atoms with E-state index in [1.807, 2.05) is 36.4 Å². The highest BCUT2D eigenvalue weighted by Gasteiger charge is 2.19. The van der Waals surface area contributed by atoms with Gasteiger partial charge in [-0.2, -0.15) is 0 Å². The van der Waals surface area contributed by atoms with Crippen LogP contribution >= 0.6 is 0 Å². The molecule has 0 bridgehead atoms. The van der Waals surface area contributed by atoms with E-state index in [0.29, 0.717) is 17.1 Å². The van der Waals surface area contributed by atoms with Crippen LogP contribution in [0.25, 0.3) is 10.9 Å². The number of esters is 1. The van der Waals surface area contributed by atoms with Gasteiger partial charge in [0.25, 0.3) is 0 Å². The highest BCUT2D eigenvalue weighted by molar-refractivity contribution is 6.09. The van der Waals surface area contributed by atoms with Crippen molar-refractivity contribution in [3.63, 3.8) is 0 Å². The summed E-state index contributed by atoms with van der Waals surface area (Å²) in [5.74, 6) is 0.0273. The first-order valence-electron chi connectivity index (χ1n) is 7.42. The van der Waals surface area contributed by atoms with Crippen molar-refractivity contribution in [2.24, 2.45) is 0 Å². The summed E-state index contributed by atoms with van der Waals surface area (Å²) < 4.78 is 4.90. The predicted molar refractivity (Wildman–Crippen MR) is 93.7 cm³/mol. The summed E-state index contributed by atoms with van der Waals surface area (Å²) in [6.07, 6.45) is 0. The van der Waals surface area contributed by atoms with Crippen molar-refractivity contribution in [2.45, 2.75) is 6.92 Å². The van der Waals surface area contributed by atoms with Gasteiger partial charge in [0.15, 0.2) is 0 Å². The fraction of sp³-hybridized carbons (Fsp3) is 0.111. The maximum absolute atomic E-state index is 12.1. The summed E-state index contributed by atoms with van der Waals surface area (Å²) in [5.41, 5.74) is 2.79. The van der Waals surface area contributed by atoms with Crippen LogP contribution in [0.1, 0.15) is 17.3 Å². The molecule has 6 nitrogen and oxygen atoms in total. The van der Waals surface area contributed by atoms with Crippen LogP contribution in [-0.2, 0) is 9.53 Å². The number of aromatic amines is 1. The first-order valence-corrected chi connectivity index (χ1v) is 7.42. The number of para-hydroxylation sites is 1. The lowest BCUT2D eigenvalue weighted by Gasteiger charge is -2.08. The van der Waals surface area contributed by atoms with Crippen LogP contribution < -0.4 is 10.6 Å². The van der Waals surface area contributed by atoms with Crippen LogP contribution in [0.5, 0.6) is 0 Å². The monoisotopic (exact) mass is 323 g/mol. The van der Waals surface area contributed by atoms with Crippen molar-refractivity contribution < 1.29 is 14.3 Å². The second kappa shape index (κ2) is 6.45. The molecule has 1 aromatic heterocycles. The van der Waals surface area contributed by atoms with E-state index in [1.54, 1.807) is 12.1 Å². The first kappa shape index (κ1) is 15.6. The van der Waals surface area contributed by atoms with Gasteiger partial charge in [0.2, 0.25) is 5.91 Å². The van der Waals surface area contributed by atoms with E-state index < -0.39 is 5.97 Å². The minimum atomic E-state index is -0.412. The fourth-order valence-corrected chi connectivity index (χ4v) is 2.53. The SMILES string of the molecule is COC(=O)c1c(Nc2ccc(NC(C)=O)cc2)[nH]c2ccccc12. The second-order valence-corrected chi connectivity index (χ2v) is 5.30. The number of fused-ring (bicyclic) bond motifs is 1. The molecule has 3 rings (SSSR count). The molecule has 3 aromatic rings. The molecular formula is C18H17N3O3. The van der Waals surface area contributed by atoms with Gasteiger partial charge in [0.1, 0.15) is 11.4 Å². The van der Waals surface area contributed by atoms with E-state index in [-0.39, 0.29) is 5.91 Å². The summed E-state index contributed by atoms with van der Waals surface area (Å²) in [6.45, 7) is 1.46. The second-order valence-electron chi connectivity index (χ2n) is 5.30. The van der Waals surface area contributed by atoms with Gasteiger partial charge in [-0.3, -0.25) is 4.79 Å². The number of nitrogens with one attached hydrogen (secondary N) is 3. The van der Waals surface area contributed by atoms with Crippen molar-refractivity contribution in [1.82, 2.24) is 4.98 Å². The lowest BCUT2D eigenvalue weighted by atomic mass is 10.1. The lowest BCUT2D eigenvalue weighted by molar-refractivity contribution is -0.114. The van der Waals surface area contributed by atoms with E-state index >= 15 is 0 Å². The number of carbonyl (C=O) groups excluding carboxylic acids is 2. The molecule has 0 unspecified atom stereocenters. The Balaban J connectivity index is 1.94. The van der Waals surface area contributed by atoms with Crippen LogP contribution in [0, 0.1) is 0 Å². The van der Waals surface area contributed by atoms with Crippen LogP contribution in [0.2, 0.25) is 0 Å². The molecule has 0 fully saturated rings. The average Bonchev–Trinajstić information content (AvgIpc) is 2.93. The lowest BCUT2D eigenvalue weighted by Crippen LogP contribution is -2.06. The topological polar surface area (TPSA) is 83.2 Å². The fourth-order valence-electron chi connectivity index (χ4n) is 2.53. The minimum absolute atomic E-state index is 0.126. The van der Waals surface area contributed by atoms with Crippen LogP contribution in [-0.4, -0.2) is 24.0 Å². The summed E-state index contributed by atoms with van der Waals surface area (Å²) in [4.78, 5) is 26.4. The summed E-state index contributed by atoms with van der Waals surface area (Å²) in [6, 6.07) is 14.7. The molecule has 0 saturated carbocycles. The number of aromatic nitrogens is 1. The largest absolute Gasteiger partial charge is 0.465 e. The molecule has 1 amide bonds. The molecule has 0 spiro atoms. The van der Waals surface area contributed by atoms with Gasteiger partial charge in [-0.15, -0.1) is 0 Å². The van der Waals surface area contributed by atoms with Gasteiger partial charge in [-0.25, -0.2) is 4.79 Å². The van der Waals surface area contributed by atoms with E-state index in [0.717, 1.165) is 16.6 Å². The standard InChI is InChI=1S/C18H17N3O3/c1-11(22)19-12-7-9-13(10-8-12)20-17-16(18(23)24-2)14-5-3-4-6-15(14)21-17/h3-10,20-21H,1-2H3,(H,19,22). The summed E-state index contributed by atoms with van der Waals surface area (Å²) in [7, 11) is 1.36. The number of hydrogen-bond donors (Lipinski definition) is 3. The zero-order chi connectivity index (χ0) is 17.1. The van der Waals surface area contributed by atoms with Crippen LogP contribution in [0.3, 0.4) is 0 Å². The number of ether oxygens (including phenoxy) is 1. The Morgan fingerprint density at radius 2 is 1.67 bits per heavy atom. The van der Waals surface area contributed by atoms with E-state index in [2.05, 4.69) is 15.6 Å². The summed E-state index contributed by atoms with van der Waals surface area (Å²) >= 11 is 0.